The van der Waals surface area contributed by atoms with Gasteiger partial charge in [-0.2, -0.15) is 5.10 Å². The van der Waals surface area contributed by atoms with Crippen molar-refractivity contribution >= 4 is 11.5 Å². The SMILES string of the molecule is O=C(/C=C(/c1ccccc1)n1cncn1)c1ccccc1. The minimum Gasteiger partial charge on any atom is -0.289 e. The highest BCUT2D eigenvalue weighted by Gasteiger charge is 2.09. The fourth-order valence-electron chi connectivity index (χ4n) is 2.03. The van der Waals surface area contributed by atoms with Crippen LogP contribution in [0, 0.1) is 0 Å². The third-order valence-corrected chi connectivity index (χ3v) is 3.06. The number of ketones is 1. The van der Waals surface area contributed by atoms with Gasteiger partial charge in [-0.25, -0.2) is 9.67 Å². The maximum atomic E-state index is 12.4. The van der Waals surface area contributed by atoms with Crippen molar-refractivity contribution in [1.29, 1.82) is 0 Å². The summed E-state index contributed by atoms with van der Waals surface area (Å²) in [4.78, 5) is 16.3. The molecule has 3 rings (SSSR count). The van der Waals surface area contributed by atoms with Crippen molar-refractivity contribution in [2.75, 3.05) is 0 Å². The molecule has 4 nitrogen and oxygen atoms in total. The van der Waals surface area contributed by atoms with Crippen LogP contribution in [0.3, 0.4) is 0 Å². The van der Waals surface area contributed by atoms with Crippen LogP contribution in [-0.4, -0.2) is 20.5 Å². The minimum absolute atomic E-state index is 0.0649. The molecule has 0 bridgehead atoms. The van der Waals surface area contributed by atoms with Crippen molar-refractivity contribution in [2.45, 2.75) is 0 Å². The van der Waals surface area contributed by atoms with E-state index in [0.29, 0.717) is 11.3 Å². The monoisotopic (exact) mass is 275 g/mol. The van der Waals surface area contributed by atoms with Crippen LogP contribution in [-0.2, 0) is 0 Å². The van der Waals surface area contributed by atoms with E-state index >= 15 is 0 Å². The Morgan fingerprint density at radius 3 is 2.10 bits per heavy atom. The summed E-state index contributed by atoms with van der Waals surface area (Å²) in [5.41, 5.74) is 2.25. The molecule has 0 spiro atoms. The summed E-state index contributed by atoms with van der Waals surface area (Å²) in [6, 6.07) is 18.8. The second-order valence-corrected chi connectivity index (χ2v) is 4.47. The van der Waals surface area contributed by atoms with Crippen LogP contribution >= 0.6 is 0 Å². The van der Waals surface area contributed by atoms with E-state index in [0.717, 1.165) is 5.56 Å². The Morgan fingerprint density at radius 1 is 0.905 bits per heavy atom. The number of carbonyl (C=O) groups excluding carboxylic acids is 1. The first-order valence-electron chi connectivity index (χ1n) is 6.56. The highest BCUT2D eigenvalue weighted by atomic mass is 16.1. The maximum absolute atomic E-state index is 12.4. The van der Waals surface area contributed by atoms with Gasteiger partial charge in [-0.1, -0.05) is 60.7 Å². The number of rotatable bonds is 4. The first kappa shape index (κ1) is 13.0. The van der Waals surface area contributed by atoms with E-state index in [1.807, 2.05) is 48.5 Å². The zero-order chi connectivity index (χ0) is 14.5. The quantitative estimate of drug-likeness (QED) is 0.543. The van der Waals surface area contributed by atoms with Gasteiger partial charge in [0.25, 0.3) is 0 Å². The molecule has 0 amide bonds. The van der Waals surface area contributed by atoms with Gasteiger partial charge in [0, 0.05) is 17.2 Å². The topological polar surface area (TPSA) is 47.8 Å². The predicted octanol–water partition coefficient (Wildman–Crippen LogP) is 3.05. The third-order valence-electron chi connectivity index (χ3n) is 3.06. The smallest absolute Gasteiger partial charge is 0.188 e. The first-order valence-corrected chi connectivity index (χ1v) is 6.56. The van der Waals surface area contributed by atoms with Crippen molar-refractivity contribution in [2.24, 2.45) is 0 Å². The molecule has 0 aliphatic heterocycles. The molecule has 21 heavy (non-hydrogen) atoms. The Labute approximate surface area is 122 Å². The molecule has 102 valence electrons. The molecule has 0 aliphatic rings. The van der Waals surface area contributed by atoms with E-state index in [2.05, 4.69) is 10.1 Å². The summed E-state index contributed by atoms with van der Waals surface area (Å²) < 4.78 is 1.59. The second-order valence-electron chi connectivity index (χ2n) is 4.47. The molecule has 3 aromatic rings. The Hall–Kier alpha value is -3.01. The Balaban J connectivity index is 2.04. The van der Waals surface area contributed by atoms with Crippen molar-refractivity contribution in [3.63, 3.8) is 0 Å². The van der Waals surface area contributed by atoms with Crippen molar-refractivity contribution in [3.8, 4) is 0 Å². The van der Waals surface area contributed by atoms with Crippen LogP contribution in [0.1, 0.15) is 15.9 Å². The molecular weight excluding hydrogens is 262 g/mol. The molecule has 0 unspecified atom stereocenters. The molecule has 0 aliphatic carbocycles. The number of hydrogen-bond acceptors (Lipinski definition) is 3. The van der Waals surface area contributed by atoms with Gasteiger partial charge in [0.2, 0.25) is 0 Å². The van der Waals surface area contributed by atoms with E-state index in [4.69, 9.17) is 0 Å². The standard InChI is InChI=1S/C17H13N3O/c21-17(15-9-5-2-6-10-15)11-16(20-13-18-12-19-20)14-7-3-1-4-8-14/h1-13H/b16-11-. The second kappa shape index (κ2) is 5.96. The highest BCUT2D eigenvalue weighted by Crippen LogP contribution is 2.16. The Kier molecular flexibility index (Phi) is 3.69. The van der Waals surface area contributed by atoms with E-state index in [1.165, 1.54) is 6.33 Å². The minimum atomic E-state index is -0.0649. The number of nitrogens with zero attached hydrogens (tertiary/aromatic N) is 3. The van der Waals surface area contributed by atoms with Gasteiger partial charge in [-0.3, -0.25) is 4.79 Å². The Bertz CT molecular complexity index is 747. The molecule has 0 fully saturated rings. The van der Waals surface area contributed by atoms with Gasteiger partial charge in [0.15, 0.2) is 5.78 Å². The van der Waals surface area contributed by atoms with Gasteiger partial charge >= 0.3 is 0 Å². The van der Waals surface area contributed by atoms with Crippen LogP contribution in [0.15, 0.2) is 79.4 Å². The third kappa shape index (κ3) is 2.95. The number of allylic oxidation sites excluding steroid dienone is 1. The van der Waals surface area contributed by atoms with Gasteiger partial charge in [-0.15, -0.1) is 0 Å². The molecule has 0 N–H and O–H groups in total. The number of benzene rings is 2. The molecule has 1 aromatic heterocycles. The lowest BCUT2D eigenvalue weighted by Gasteiger charge is -2.07. The summed E-state index contributed by atoms with van der Waals surface area (Å²) in [5, 5.41) is 4.12. The molecule has 0 saturated heterocycles. The van der Waals surface area contributed by atoms with Gasteiger partial charge in [0.05, 0.1) is 5.70 Å². The van der Waals surface area contributed by atoms with Gasteiger partial charge in [0.1, 0.15) is 12.7 Å². The van der Waals surface area contributed by atoms with Crippen molar-refractivity contribution in [3.05, 3.63) is 90.5 Å². The van der Waals surface area contributed by atoms with Crippen LogP contribution in [0.5, 0.6) is 0 Å². The summed E-state index contributed by atoms with van der Waals surface area (Å²) >= 11 is 0. The summed E-state index contributed by atoms with van der Waals surface area (Å²) in [7, 11) is 0. The molecule has 0 atom stereocenters. The fourth-order valence-corrected chi connectivity index (χ4v) is 2.03. The van der Waals surface area contributed by atoms with Crippen molar-refractivity contribution < 1.29 is 4.79 Å². The average molecular weight is 275 g/mol. The normalized spacial score (nSPS) is 11.3. The van der Waals surface area contributed by atoms with Crippen LogP contribution in [0.25, 0.3) is 5.70 Å². The molecule has 0 radical (unpaired) electrons. The molecule has 0 saturated carbocycles. The van der Waals surface area contributed by atoms with Gasteiger partial charge < -0.3 is 0 Å². The summed E-state index contributed by atoms with van der Waals surface area (Å²) in [6.07, 6.45) is 4.61. The number of aromatic nitrogens is 3. The molecule has 1 heterocycles. The van der Waals surface area contributed by atoms with Crippen LogP contribution in [0.4, 0.5) is 0 Å². The van der Waals surface area contributed by atoms with E-state index < -0.39 is 0 Å². The largest absolute Gasteiger partial charge is 0.289 e. The Morgan fingerprint density at radius 2 is 1.52 bits per heavy atom. The lowest BCUT2D eigenvalue weighted by atomic mass is 10.1. The van der Waals surface area contributed by atoms with Crippen LogP contribution in [0.2, 0.25) is 0 Å². The lowest BCUT2D eigenvalue weighted by molar-refractivity contribution is 0.104. The molecule has 4 heteroatoms. The van der Waals surface area contributed by atoms with E-state index in [-0.39, 0.29) is 5.78 Å². The van der Waals surface area contributed by atoms with Crippen molar-refractivity contribution in [1.82, 2.24) is 14.8 Å². The molecule has 2 aromatic carbocycles. The lowest BCUT2D eigenvalue weighted by Crippen LogP contribution is -2.04. The average Bonchev–Trinajstić information content (AvgIpc) is 3.08. The number of hydrogen-bond donors (Lipinski definition) is 0. The highest BCUT2D eigenvalue weighted by molar-refractivity contribution is 6.08. The van der Waals surface area contributed by atoms with Gasteiger partial charge in [-0.05, 0) is 0 Å². The van der Waals surface area contributed by atoms with E-state index in [9.17, 15) is 4.79 Å². The summed E-state index contributed by atoms with van der Waals surface area (Å²) in [6.45, 7) is 0. The predicted molar refractivity (Wildman–Crippen MR) is 80.6 cm³/mol. The van der Waals surface area contributed by atoms with Crippen LogP contribution < -0.4 is 0 Å². The first-order chi connectivity index (χ1) is 10.3. The van der Waals surface area contributed by atoms with E-state index in [1.54, 1.807) is 29.2 Å². The summed E-state index contributed by atoms with van der Waals surface area (Å²) in [5.74, 6) is -0.0649. The number of carbonyl (C=O) groups is 1. The molecular formula is C17H13N3O. The maximum Gasteiger partial charge on any atom is 0.188 e. The fraction of sp³-hybridized carbons (Fsp3) is 0. The zero-order valence-corrected chi connectivity index (χ0v) is 11.3. The zero-order valence-electron chi connectivity index (χ0n) is 11.3.